The summed E-state index contributed by atoms with van der Waals surface area (Å²) in [5, 5.41) is 2.67. The van der Waals surface area contributed by atoms with E-state index < -0.39 is 17.6 Å². The molecule has 0 spiro atoms. The number of benzene rings is 1. The summed E-state index contributed by atoms with van der Waals surface area (Å²) in [6.07, 6.45) is 2.74. The third-order valence-electron chi connectivity index (χ3n) is 4.70. The molecule has 0 radical (unpaired) electrons. The molecule has 0 unspecified atom stereocenters. The lowest BCUT2D eigenvalue weighted by Gasteiger charge is -2.35. The van der Waals surface area contributed by atoms with Gasteiger partial charge in [0.1, 0.15) is 5.82 Å². The number of hydrogen-bond acceptors (Lipinski definition) is 5. The molecule has 1 fully saturated rings. The molecule has 1 aromatic carbocycles. The number of urea groups is 1. The summed E-state index contributed by atoms with van der Waals surface area (Å²) in [4.78, 5) is 27.8. The van der Waals surface area contributed by atoms with Crippen LogP contribution < -0.4 is 10.2 Å². The molecular weight excluding hydrogens is 397 g/mol. The monoisotopic (exact) mass is 414 g/mol. The number of rotatable bonds is 3. The fourth-order valence-corrected chi connectivity index (χ4v) is 3.12. The van der Waals surface area contributed by atoms with E-state index in [9.17, 15) is 18.0 Å². The fourth-order valence-electron chi connectivity index (χ4n) is 3.12. The molecule has 3 heterocycles. The molecule has 7 nitrogen and oxygen atoms in total. The number of pyridine rings is 1. The molecular formula is C20H17F3N6O. The van der Waals surface area contributed by atoms with E-state index in [1.807, 2.05) is 4.90 Å². The quantitative estimate of drug-likeness (QED) is 0.666. The average molecular weight is 414 g/mol. The number of carbonyl (C=O) groups is 1. The molecule has 2 amide bonds. The van der Waals surface area contributed by atoms with Gasteiger partial charge in [0.05, 0.1) is 17.4 Å². The molecule has 0 atom stereocenters. The van der Waals surface area contributed by atoms with Gasteiger partial charge in [0.2, 0.25) is 5.95 Å². The first kappa shape index (κ1) is 19.6. The van der Waals surface area contributed by atoms with Crippen LogP contribution in [0.5, 0.6) is 0 Å². The van der Waals surface area contributed by atoms with Crippen LogP contribution in [-0.2, 0) is 0 Å². The van der Waals surface area contributed by atoms with E-state index in [1.54, 1.807) is 11.0 Å². The summed E-state index contributed by atoms with van der Waals surface area (Å²) in [5.41, 5.74) is 0.393. The molecule has 30 heavy (non-hydrogen) atoms. The van der Waals surface area contributed by atoms with E-state index in [0.29, 0.717) is 37.7 Å². The molecule has 154 valence electrons. The highest BCUT2D eigenvalue weighted by atomic mass is 19.2. The second-order valence-electron chi connectivity index (χ2n) is 6.61. The summed E-state index contributed by atoms with van der Waals surface area (Å²) in [5.74, 6) is -1.92. The van der Waals surface area contributed by atoms with Crippen molar-refractivity contribution in [3.05, 3.63) is 66.4 Å². The van der Waals surface area contributed by atoms with Gasteiger partial charge in [-0.2, -0.15) is 4.39 Å². The minimum absolute atomic E-state index is 0.0113. The van der Waals surface area contributed by atoms with Crippen LogP contribution in [0.4, 0.5) is 29.5 Å². The topological polar surface area (TPSA) is 74.2 Å². The lowest BCUT2D eigenvalue weighted by Crippen LogP contribution is -2.50. The standard InChI is InChI=1S/C20H17F3N6O/c21-15-3-1-2-14(18(15)23)19-24-7-6-17(27-19)28-8-10-29(11-9-28)20(30)26-13-4-5-16(22)25-12-13/h1-7,12H,8-11H2,(H,26,30). The Balaban J connectivity index is 1.41. The molecule has 1 N–H and O–H groups in total. The first-order valence-corrected chi connectivity index (χ1v) is 9.21. The Kier molecular flexibility index (Phi) is 5.46. The number of hydrogen-bond donors (Lipinski definition) is 1. The highest BCUT2D eigenvalue weighted by Gasteiger charge is 2.23. The van der Waals surface area contributed by atoms with Gasteiger partial charge in [0.15, 0.2) is 17.5 Å². The number of nitrogens with one attached hydrogen (secondary N) is 1. The summed E-state index contributed by atoms with van der Waals surface area (Å²) in [6.45, 7) is 1.84. The van der Waals surface area contributed by atoms with Gasteiger partial charge in [-0.25, -0.2) is 28.5 Å². The number of nitrogens with zero attached hydrogens (tertiary/aromatic N) is 5. The van der Waals surface area contributed by atoms with Crippen LogP contribution in [0.2, 0.25) is 0 Å². The normalized spacial score (nSPS) is 14.0. The molecule has 4 rings (SSSR count). The average Bonchev–Trinajstić information content (AvgIpc) is 2.77. The third-order valence-corrected chi connectivity index (χ3v) is 4.70. The lowest BCUT2D eigenvalue weighted by molar-refractivity contribution is 0.208. The summed E-state index contributed by atoms with van der Waals surface area (Å²) in [7, 11) is 0. The Morgan fingerprint density at radius 2 is 1.77 bits per heavy atom. The van der Waals surface area contributed by atoms with Crippen molar-refractivity contribution < 1.29 is 18.0 Å². The molecule has 0 saturated carbocycles. The van der Waals surface area contributed by atoms with Gasteiger partial charge in [0, 0.05) is 32.4 Å². The van der Waals surface area contributed by atoms with Crippen molar-refractivity contribution >= 4 is 17.5 Å². The summed E-state index contributed by atoms with van der Waals surface area (Å²) >= 11 is 0. The van der Waals surface area contributed by atoms with Gasteiger partial charge in [-0.3, -0.25) is 0 Å². The van der Waals surface area contributed by atoms with E-state index in [0.717, 1.165) is 6.07 Å². The number of aromatic nitrogens is 3. The molecule has 3 aromatic rings. The minimum Gasteiger partial charge on any atom is -0.353 e. The van der Waals surface area contributed by atoms with Crippen molar-refractivity contribution in [1.82, 2.24) is 19.9 Å². The maximum absolute atomic E-state index is 14.1. The largest absolute Gasteiger partial charge is 0.353 e. The molecule has 0 bridgehead atoms. The van der Waals surface area contributed by atoms with Crippen LogP contribution in [0.3, 0.4) is 0 Å². The highest BCUT2D eigenvalue weighted by Crippen LogP contribution is 2.23. The van der Waals surface area contributed by atoms with Crippen LogP contribution >= 0.6 is 0 Å². The fraction of sp³-hybridized carbons (Fsp3) is 0.200. The predicted molar refractivity (Wildman–Crippen MR) is 104 cm³/mol. The number of anilines is 2. The molecule has 1 saturated heterocycles. The maximum Gasteiger partial charge on any atom is 0.322 e. The zero-order valence-corrected chi connectivity index (χ0v) is 15.7. The van der Waals surface area contributed by atoms with Gasteiger partial charge < -0.3 is 15.1 Å². The van der Waals surface area contributed by atoms with E-state index in [4.69, 9.17) is 0 Å². The van der Waals surface area contributed by atoms with Crippen LogP contribution in [0.1, 0.15) is 0 Å². The van der Waals surface area contributed by atoms with Crippen molar-refractivity contribution in [2.45, 2.75) is 0 Å². The Hall–Kier alpha value is -3.69. The summed E-state index contributed by atoms with van der Waals surface area (Å²) in [6, 6.07) is 7.83. The smallest absolute Gasteiger partial charge is 0.322 e. The van der Waals surface area contributed by atoms with Crippen LogP contribution in [0.15, 0.2) is 48.8 Å². The number of amides is 2. The number of carbonyl (C=O) groups excluding carboxylic acids is 1. The Bertz CT molecular complexity index is 1050. The second kappa shape index (κ2) is 8.36. The molecule has 10 heteroatoms. The van der Waals surface area contributed by atoms with E-state index >= 15 is 0 Å². The Labute approximate surface area is 170 Å². The predicted octanol–water partition coefficient (Wildman–Crippen LogP) is 3.31. The van der Waals surface area contributed by atoms with Crippen LogP contribution in [0.25, 0.3) is 11.4 Å². The van der Waals surface area contributed by atoms with Gasteiger partial charge in [-0.15, -0.1) is 0 Å². The third kappa shape index (κ3) is 4.17. The van der Waals surface area contributed by atoms with Gasteiger partial charge in [-0.05, 0) is 30.3 Å². The van der Waals surface area contributed by atoms with Crippen LogP contribution in [-0.4, -0.2) is 52.1 Å². The first-order chi connectivity index (χ1) is 14.5. The second-order valence-corrected chi connectivity index (χ2v) is 6.61. The maximum atomic E-state index is 14.1. The zero-order chi connectivity index (χ0) is 21.1. The SMILES string of the molecule is O=C(Nc1ccc(F)nc1)N1CCN(c2ccnc(-c3cccc(F)c3F)n2)CC1. The van der Waals surface area contributed by atoms with E-state index in [1.165, 1.54) is 36.7 Å². The molecule has 0 aliphatic carbocycles. The molecule has 2 aromatic heterocycles. The lowest BCUT2D eigenvalue weighted by atomic mass is 10.2. The highest BCUT2D eigenvalue weighted by molar-refractivity contribution is 5.89. The van der Waals surface area contributed by atoms with Crippen molar-refractivity contribution in [2.75, 3.05) is 36.4 Å². The van der Waals surface area contributed by atoms with Crippen molar-refractivity contribution in [1.29, 1.82) is 0 Å². The van der Waals surface area contributed by atoms with Gasteiger partial charge in [0.25, 0.3) is 0 Å². The molecule has 1 aliphatic rings. The van der Waals surface area contributed by atoms with E-state index in [2.05, 4.69) is 20.3 Å². The zero-order valence-electron chi connectivity index (χ0n) is 15.7. The van der Waals surface area contributed by atoms with Gasteiger partial charge >= 0.3 is 6.03 Å². The Morgan fingerprint density at radius 1 is 0.967 bits per heavy atom. The first-order valence-electron chi connectivity index (χ1n) is 9.21. The van der Waals surface area contributed by atoms with E-state index in [-0.39, 0.29) is 17.4 Å². The summed E-state index contributed by atoms with van der Waals surface area (Å²) < 4.78 is 40.4. The Morgan fingerprint density at radius 3 is 2.50 bits per heavy atom. The van der Waals surface area contributed by atoms with Crippen LogP contribution in [0, 0.1) is 17.6 Å². The number of halogens is 3. The van der Waals surface area contributed by atoms with Crippen molar-refractivity contribution in [3.63, 3.8) is 0 Å². The molecule has 1 aliphatic heterocycles. The number of piperazine rings is 1. The minimum atomic E-state index is -0.994. The van der Waals surface area contributed by atoms with Gasteiger partial charge in [-0.1, -0.05) is 6.07 Å². The van der Waals surface area contributed by atoms with Crippen molar-refractivity contribution in [2.24, 2.45) is 0 Å². The van der Waals surface area contributed by atoms with Crippen molar-refractivity contribution in [3.8, 4) is 11.4 Å².